The van der Waals surface area contributed by atoms with Crippen LogP contribution < -0.4 is 5.43 Å². The molecule has 0 aromatic carbocycles. The highest BCUT2D eigenvalue weighted by Crippen LogP contribution is 2.20. The second-order valence-electron chi connectivity index (χ2n) is 3.14. The minimum Gasteiger partial charge on any atom is -0.448 e. The predicted molar refractivity (Wildman–Crippen MR) is 68.5 cm³/mol. The molecule has 0 saturated heterocycles. The van der Waals surface area contributed by atoms with Gasteiger partial charge in [-0.2, -0.15) is 5.10 Å². The van der Waals surface area contributed by atoms with Crippen LogP contribution in [0.2, 0.25) is 0 Å². The van der Waals surface area contributed by atoms with Crippen LogP contribution in [0.4, 0.5) is 11.5 Å². The van der Waals surface area contributed by atoms with Crippen LogP contribution in [-0.4, -0.2) is 16.1 Å². The summed E-state index contributed by atoms with van der Waals surface area (Å²) < 4.78 is 5.75. The van der Waals surface area contributed by atoms with Gasteiger partial charge in [0.25, 0.3) is 0 Å². The quantitative estimate of drug-likeness (QED) is 0.532. The van der Waals surface area contributed by atoms with Crippen molar-refractivity contribution in [2.24, 2.45) is 5.10 Å². The molecule has 0 atom stereocenters. The number of furan rings is 1. The van der Waals surface area contributed by atoms with Crippen molar-refractivity contribution in [1.29, 1.82) is 0 Å². The van der Waals surface area contributed by atoms with Gasteiger partial charge in [0.15, 0.2) is 4.67 Å². The molecular formula is C10H7BrN4O3. The molecule has 7 nitrogen and oxygen atoms in total. The second-order valence-corrected chi connectivity index (χ2v) is 3.92. The fourth-order valence-corrected chi connectivity index (χ4v) is 1.50. The van der Waals surface area contributed by atoms with E-state index < -0.39 is 4.92 Å². The molecule has 0 unspecified atom stereocenters. The third kappa shape index (κ3) is 2.92. The van der Waals surface area contributed by atoms with Crippen LogP contribution >= 0.6 is 15.9 Å². The molecule has 2 aromatic rings. The monoisotopic (exact) mass is 310 g/mol. The molecule has 92 valence electrons. The fourth-order valence-electron chi connectivity index (χ4n) is 1.18. The smallest absolute Gasteiger partial charge is 0.313 e. The van der Waals surface area contributed by atoms with E-state index in [9.17, 15) is 10.1 Å². The average molecular weight is 311 g/mol. The van der Waals surface area contributed by atoms with E-state index >= 15 is 0 Å². The van der Waals surface area contributed by atoms with Crippen molar-refractivity contribution in [3.8, 4) is 0 Å². The van der Waals surface area contributed by atoms with Crippen LogP contribution in [-0.2, 0) is 0 Å². The van der Waals surface area contributed by atoms with Gasteiger partial charge in [-0.15, -0.1) is 0 Å². The number of aromatic nitrogens is 1. The summed E-state index contributed by atoms with van der Waals surface area (Å²) in [5.74, 6) is 0.581. The normalized spacial score (nSPS) is 10.7. The Bertz CT molecular complexity index is 596. The van der Waals surface area contributed by atoms with Gasteiger partial charge in [0.2, 0.25) is 5.82 Å². The van der Waals surface area contributed by atoms with E-state index in [0.717, 1.165) is 0 Å². The standard InChI is InChI=1S/C10H7BrN4O3/c11-9-4-3-7(18-9)6-13-14-10-8(15(16)17)2-1-5-12-10/h1-6H,(H,12,14)/b13-6-. The summed E-state index contributed by atoms with van der Waals surface area (Å²) in [6.07, 6.45) is 2.83. The van der Waals surface area contributed by atoms with Gasteiger partial charge in [0.1, 0.15) is 5.76 Å². The van der Waals surface area contributed by atoms with Gasteiger partial charge in [-0.05, 0) is 34.1 Å². The molecule has 18 heavy (non-hydrogen) atoms. The van der Waals surface area contributed by atoms with Gasteiger partial charge in [0, 0.05) is 12.3 Å². The molecule has 1 N–H and O–H groups in total. The zero-order chi connectivity index (χ0) is 13.0. The van der Waals surface area contributed by atoms with Crippen molar-refractivity contribution in [3.05, 3.63) is 51.0 Å². The molecule has 0 amide bonds. The first kappa shape index (κ1) is 12.2. The Labute approximate surface area is 110 Å². The molecule has 0 aliphatic carbocycles. The van der Waals surface area contributed by atoms with Crippen molar-refractivity contribution >= 4 is 33.6 Å². The topological polar surface area (TPSA) is 93.6 Å². The maximum atomic E-state index is 10.7. The van der Waals surface area contributed by atoms with Crippen LogP contribution in [0.1, 0.15) is 5.76 Å². The largest absolute Gasteiger partial charge is 0.448 e. The number of anilines is 1. The Morgan fingerprint density at radius 2 is 2.33 bits per heavy atom. The van der Waals surface area contributed by atoms with Gasteiger partial charge in [-0.1, -0.05) is 0 Å². The first-order valence-electron chi connectivity index (χ1n) is 4.80. The molecule has 0 saturated carbocycles. The molecular weight excluding hydrogens is 304 g/mol. The number of nitro groups is 1. The van der Waals surface area contributed by atoms with E-state index in [0.29, 0.717) is 10.4 Å². The highest BCUT2D eigenvalue weighted by molar-refractivity contribution is 9.10. The van der Waals surface area contributed by atoms with Crippen molar-refractivity contribution in [2.75, 3.05) is 5.43 Å². The van der Waals surface area contributed by atoms with E-state index in [4.69, 9.17) is 4.42 Å². The lowest BCUT2D eigenvalue weighted by Crippen LogP contribution is -1.98. The maximum Gasteiger partial charge on any atom is 0.313 e. The summed E-state index contributed by atoms with van der Waals surface area (Å²) in [6, 6.07) is 6.23. The van der Waals surface area contributed by atoms with Crippen molar-refractivity contribution in [1.82, 2.24) is 4.98 Å². The number of hydrogen-bond donors (Lipinski definition) is 1. The third-order valence-corrected chi connectivity index (χ3v) is 2.37. The number of nitrogens with one attached hydrogen (secondary N) is 1. The molecule has 2 aromatic heterocycles. The summed E-state index contributed by atoms with van der Waals surface area (Å²) in [4.78, 5) is 14.0. The molecule has 8 heteroatoms. The van der Waals surface area contributed by atoms with Crippen LogP contribution in [0.25, 0.3) is 0 Å². The van der Waals surface area contributed by atoms with Gasteiger partial charge in [-0.25, -0.2) is 4.98 Å². The maximum absolute atomic E-state index is 10.7. The van der Waals surface area contributed by atoms with Gasteiger partial charge in [-0.3, -0.25) is 15.5 Å². The van der Waals surface area contributed by atoms with E-state index in [1.54, 1.807) is 12.1 Å². The molecule has 2 heterocycles. The molecule has 0 aliphatic heterocycles. The molecule has 0 aliphatic rings. The Morgan fingerprint density at radius 1 is 1.50 bits per heavy atom. The van der Waals surface area contributed by atoms with Crippen LogP contribution in [0.15, 0.2) is 44.7 Å². The molecule has 0 fully saturated rings. The summed E-state index contributed by atoms with van der Waals surface area (Å²) >= 11 is 3.15. The Kier molecular flexibility index (Phi) is 3.68. The lowest BCUT2D eigenvalue weighted by molar-refractivity contribution is -0.384. The lowest BCUT2D eigenvalue weighted by atomic mass is 10.4. The lowest BCUT2D eigenvalue weighted by Gasteiger charge is -1.98. The highest BCUT2D eigenvalue weighted by atomic mass is 79.9. The number of hydrazone groups is 1. The Morgan fingerprint density at radius 3 is 3.00 bits per heavy atom. The summed E-state index contributed by atoms with van der Waals surface area (Å²) in [7, 11) is 0. The predicted octanol–water partition coefficient (Wildman–Crippen LogP) is 2.79. The van der Waals surface area contributed by atoms with E-state index in [1.807, 2.05) is 0 Å². The zero-order valence-corrected chi connectivity index (χ0v) is 10.5. The Hall–Kier alpha value is -2.22. The van der Waals surface area contributed by atoms with E-state index in [1.165, 1.54) is 24.5 Å². The fraction of sp³-hybridized carbons (Fsp3) is 0. The minimum absolute atomic E-state index is 0.0735. The zero-order valence-electron chi connectivity index (χ0n) is 8.91. The van der Waals surface area contributed by atoms with Crippen molar-refractivity contribution in [3.63, 3.8) is 0 Å². The summed E-state index contributed by atoms with van der Waals surface area (Å²) in [5.41, 5.74) is 2.35. The van der Waals surface area contributed by atoms with Crippen molar-refractivity contribution < 1.29 is 9.34 Å². The first-order chi connectivity index (χ1) is 8.66. The van der Waals surface area contributed by atoms with Crippen LogP contribution in [0.3, 0.4) is 0 Å². The molecule has 0 spiro atoms. The first-order valence-corrected chi connectivity index (χ1v) is 5.60. The minimum atomic E-state index is -0.533. The molecule has 0 radical (unpaired) electrons. The number of rotatable bonds is 4. The highest BCUT2D eigenvalue weighted by Gasteiger charge is 2.12. The number of pyridine rings is 1. The summed E-state index contributed by atoms with van der Waals surface area (Å²) in [6.45, 7) is 0. The van der Waals surface area contributed by atoms with Gasteiger partial charge < -0.3 is 4.42 Å². The number of hydrogen-bond acceptors (Lipinski definition) is 6. The number of halogens is 1. The molecule has 0 bridgehead atoms. The Balaban J connectivity index is 2.11. The second kappa shape index (κ2) is 5.41. The van der Waals surface area contributed by atoms with Crippen molar-refractivity contribution in [2.45, 2.75) is 0 Å². The SMILES string of the molecule is O=[N+]([O-])c1cccnc1N/N=C\c1ccc(Br)o1. The summed E-state index contributed by atoms with van der Waals surface area (Å²) in [5, 5.41) is 14.5. The number of nitrogens with zero attached hydrogens (tertiary/aromatic N) is 3. The molecule has 2 rings (SSSR count). The third-order valence-electron chi connectivity index (χ3n) is 1.94. The average Bonchev–Trinajstić information content (AvgIpc) is 2.75. The van der Waals surface area contributed by atoms with Gasteiger partial charge >= 0.3 is 5.69 Å². The van der Waals surface area contributed by atoms with Gasteiger partial charge in [0.05, 0.1) is 11.1 Å². The van der Waals surface area contributed by atoms with Crippen LogP contribution in [0, 0.1) is 10.1 Å². The van der Waals surface area contributed by atoms with E-state index in [-0.39, 0.29) is 11.5 Å². The van der Waals surface area contributed by atoms with Crippen LogP contribution in [0.5, 0.6) is 0 Å². The van der Waals surface area contributed by atoms with E-state index in [2.05, 4.69) is 31.4 Å².